The molecule has 1 saturated carbocycles. The molecule has 0 atom stereocenters. The molecule has 1 fully saturated rings. The average molecular weight is 185 g/mol. The minimum atomic E-state index is 0.895. The van der Waals surface area contributed by atoms with Crippen LogP contribution in [0.4, 0.5) is 0 Å². The summed E-state index contributed by atoms with van der Waals surface area (Å²) in [6, 6.07) is 9.12. The van der Waals surface area contributed by atoms with Gasteiger partial charge in [-0.2, -0.15) is 0 Å². The maximum absolute atomic E-state index is 4.54. The van der Waals surface area contributed by atoms with E-state index in [1.807, 2.05) is 18.2 Å². The molecular formula is C12H13N2. The lowest BCUT2D eigenvalue weighted by Crippen LogP contribution is -2.01. The van der Waals surface area contributed by atoms with Crippen LogP contribution in [0.5, 0.6) is 0 Å². The van der Waals surface area contributed by atoms with Crippen LogP contribution in [-0.2, 0) is 6.54 Å². The van der Waals surface area contributed by atoms with Gasteiger partial charge in [-0.05, 0) is 43.9 Å². The topological polar surface area (TPSA) is 17.8 Å². The van der Waals surface area contributed by atoms with Gasteiger partial charge in [-0.1, -0.05) is 6.07 Å². The monoisotopic (exact) mass is 185 g/mol. The summed E-state index contributed by atoms with van der Waals surface area (Å²) >= 11 is 0. The van der Waals surface area contributed by atoms with Crippen molar-refractivity contribution in [3.05, 3.63) is 30.1 Å². The largest absolute Gasteiger partial charge is 0.328 e. The Morgan fingerprint density at radius 2 is 2.43 bits per heavy atom. The quantitative estimate of drug-likeness (QED) is 0.703. The predicted molar refractivity (Wildman–Crippen MR) is 56.0 cm³/mol. The second-order valence-corrected chi connectivity index (χ2v) is 4.13. The first-order chi connectivity index (χ1) is 6.84. The molecule has 3 rings (SSSR count). The third kappa shape index (κ3) is 1.22. The van der Waals surface area contributed by atoms with Gasteiger partial charge in [0.25, 0.3) is 0 Å². The number of aromatic nitrogens is 2. The van der Waals surface area contributed by atoms with Gasteiger partial charge in [-0.3, -0.25) is 0 Å². The van der Waals surface area contributed by atoms with Crippen molar-refractivity contribution in [2.45, 2.75) is 26.3 Å². The normalized spacial score (nSPS) is 16.4. The summed E-state index contributed by atoms with van der Waals surface area (Å²) in [6.07, 6.45) is 2.77. The van der Waals surface area contributed by atoms with Crippen molar-refractivity contribution in [1.82, 2.24) is 9.55 Å². The molecule has 1 radical (unpaired) electrons. The number of fused-ring (bicyclic) bond motifs is 1. The van der Waals surface area contributed by atoms with Crippen molar-refractivity contribution in [2.24, 2.45) is 5.92 Å². The molecule has 71 valence electrons. The van der Waals surface area contributed by atoms with Crippen LogP contribution in [0.25, 0.3) is 11.0 Å². The molecule has 1 heterocycles. The smallest absolute Gasteiger partial charge is 0.106 e. The van der Waals surface area contributed by atoms with Crippen LogP contribution in [0.2, 0.25) is 0 Å². The Morgan fingerprint density at radius 3 is 3.21 bits per heavy atom. The van der Waals surface area contributed by atoms with E-state index in [0.29, 0.717) is 0 Å². The average Bonchev–Trinajstić information content (AvgIpc) is 2.93. The number of benzene rings is 1. The zero-order chi connectivity index (χ0) is 9.54. The van der Waals surface area contributed by atoms with Gasteiger partial charge in [0.05, 0.1) is 11.0 Å². The Morgan fingerprint density at radius 1 is 1.57 bits per heavy atom. The van der Waals surface area contributed by atoms with E-state index in [1.54, 1.807) is 0 Å². The van der Waals surface area contributed by atoms with Gasteiger partial charge < -0.3 is 4.57 Å². The van der Waals surface area contributed by atoms with Crippen molar-refractivity contribution in [1.29, 1.82) is 0 Å². The van der Waals surface area contributed by atoms with Crippen molar-refractivity contribution < 1.29 is 0 Å². The SMILES string of the molecule is Cc1nc2cc[c]cc2n1CC1CC1. The van der Waals surface area contributed by atoms with Gasteiger partial charge >= 0.3 is 0 Å². The summed E-state index contributed by atoms with van der Waals surface area (Å²) in [6.45, 7) is 3.22. The van der Waals surface area contributed by atoms with Gasteiger partial charge in [0.15, 0.2) is 0 Å². The molecule has 0 amide bonds. The standard InChI is InChI=1S/C12H13N2/c1-9-13-11-4-2-3-5-12(11)14(9)8-10-6-7-10/h2,4-5,10H,6-8H2,1H3. The highest BCUT2D eigenvalue weighted by Gasteiger charge is 2.23. The predicted octanol–water partition coefficient (Wildman–Crippen LogP) is 2.55. The van der Waals surface area contributed by atoms with E-state index in [-0.39, 0.29) is 0 Å². The van der Waals surface area contributed by atoms with E-state index >= 15 is 0 Å². The van der Waals surface area contributed by atoms with Crippen molar-refractivity contribution >= 4 is 11.0 Å². The summed E-state index contributed by atoms with van der Waals surface area (Å²) in [7, 11) is 0. The maximum Gasteiger partial charge on any atom is 0.106 e. The van der Waals surface area contributed by atoms with Crippen molar-refractivity contribution in [3.8, 4) is 0 Å². The lowest BCUT2D eigenvalue weighted by atomic mass is 10.3. The number of hydrogen-bond donors (Lipinski definition) is 0. The van der Waals surface area contributed by atoms with E-state index < -0.39 is 0 Å². The zero-order valence-corrected chi connectivity index (χ0v) is 8.33. The van der Waals surface area contributed by atoms with Gasteiger partial charge in [0, 0.05) is 6.54 Å². The fourth-order valence-electron chi connectivity index (χ4n) is 1.92. The van der Waals surface area contributed by atoms with Gasteiger partial charge in [0.2, 0.25) is 0 Å². The van der Waals surface area contributed by atoms with Gasteiger partial charge in [0.1, 0.15) is 5.82 Å². The van der Waals surface area contributed by atoms with E-state index in [1.165, 1.54) is 18.4 Å². The molecule has 0 N–H and O–H groups in total. The number of nitrogens with zero attached hydrogens (tertiary/aromatic N) is 2. The highest BCUT2D eigenvalue weighted by molar-refractivity contribution is 5.75. The van der Waals surface area contributed by atoms with E-state index in [9.17, 15) is 0 Å². The second kappa shape index (κ2) is 2.84. The summed E-state index contributed by atoms with van der Waals surface area (Å²) in [5, 5.41) is 0. The Labute approximate surface area is 83.6 Å². The molecule has 0 aliphatic heterocycles. The van der Waals surface area contributed by atoms with Crippen LogP contribution in [-0.4, -0.2) is 9.55 Å². The minimum Gasteiger partial charge on any atom is -0.328 e. The summed E-state index contributed by atoms with van der Waals surface area (Å²) < 4.78 is 2.32. The molecular weight excluding hydrogens is 172 g/mol. The first kappa shape index (κ1) is 8.04. The molecule has 0 saturated heterocycles. The van der Waals surface area contributed by atoms with Gasteiger partial charge in [-0.25, -0.2) is 4.98 Å². The third-order valence-electron chi connectivity index (χ3n) is 2.92. The zero-order valence-electron chi connectivity index (χ0n) is 8.33. The van der Waals surface area contributed by atoms with E-state index in [2.05, 4.69) is 22.5 Å². The molecule has 1 aliphatic carbocycles. The third-order valence-corrected chi connectivity index (χ3v) is 2.92. The molecule has 0 spiro atoms. The first-order valence-corrected chi connectivity index (χ1v) is 5.17. The summed E-state index contributed by atoms with van der Waals surface area (Å²) in [5.41, 5.74) is 2.33. The summed E-state index contributed by atoms with van der Waals surface area (Å²) in [5.74, 6) is 2.03. The molecule has 2 heteroatoms. The van der Waals surface area contributed by atoms with Crippen LogP contribution >= 0.6 is 0 Å². The lowest BCUT2D eigenvalue weighted by molar-refractivity contribution is 0.626. The van der Waals surface area contributed by atoms with Crippen molar-refractivity contribution in [2.75, 3.05) is 0 Å². The van der Waals surface area contributed by atoms with Crippen LogP contribution < -0.4 is 0 Å². The molecule has 14 heavy (non-hydrogen) atoms. The Hall–Kier alpha value is -1.31. The molecule has 1 aromatic heterocycles. The van der Waals surface area contributed by atoms with Crippen LogP contribution in [0.15, 0.2) is 18.2 Å². The van der Waals surface area contributed by atoms with Crippen LogP contribution in [0, 0.1) is 18.9 Å². The molecule has 2 nitrogen and oxygen atoms in total. The second-order valence-electron chi connectivity index (χ2n) is 4.13. The van der Waals surface area contributed by atoms with Crippen LogP contribution in [0.1, 0.15) is 18.7 Å². The fourth-order valence-corrected chi connectivity index (χ4v) is 1.92. The van der Waals surface area contributed by atoms with Gasteiger partial charge in [-0.15, -0.1) is 0 Å². The molecule has 0 bridgehead atoms. The highest BCUT2D eigenvalue weighted by Crippen LogP contribution is 2.32. The number of imidazole rings is 1. The Bertz CT molecular complexity index is 466. The summed E-state index contributed by atoms with van der Waals surface area (Å²) in [4.78, 5) is 4.54. The number of hydrogen-bond acceptors (Lipinski definition) is 1. The molecule has 0 unspecified atom stereocenters. The lowest BCUT2D eigenvalue weighted by Gasteiger charge is -2.04. The molecule has 1 aliphatic rings. The first-order valence-electron chi connectivity index (χ1n) is 5.17. The fraction of sp³-hybridized carbons (Fsp3) is 0.417. The molecule has 2 aromatic rings. The Kier molecular flexibility index (Phi) is 1.63. The minimum absolute atomic E-state index is 0.895. The molecule has 1 aromatic carbocycles. The van der Waals surface area contributed by atoms with E-state index in [4.69, 9.17) is 0 Å². The van der Waals surface area contributed by atoms with Crippen molar-refractivity contribution in [3.63, 3.8) is 0 Å². The maximum atomic E-state index is 4.54. The number of aryl methyl sites for hydroxylation is 1. The highest BCUT2D eigenvalue weighted by atomic mass is 15.1. The Balaban J connectivity index is 2.13. The van der Waals surface area contributed by atoms with E-state index in [0.717, 1.165) is 23.8 Å². The number of rotatable bonds is 2. The van der Waals surface area contributed by atoms with Crippen LogP contribution in [0.3, 0.4) is 0 Å².